The third kappa shape index (κ3) is 5.28. The summed E-state index contributed by atoms with van der Waals surface area (Å²) in [4.78, 5) is 0. The normalized spacial score (nSPS) is 19.5. The quantitative estimate of drug-likeness (QED) is 0.914. The van der Waals surface area contributed by atoms with E-state index in [4.69, 9.17) is 4.74 Å². The van der Waals surface area contributed by atoms with Crippen LogP contribution in [0.2, 0.25) is 0 Å². The first-order chi connectivity index (χ1) is 7.84. The molecule has 96 valence electrons. The Morgan fingerprint density at radius 1 is 1.41 bits per heavy atom. The summed E-state index contributed by atoms with van der Waals surface area (Å²) in [5.41, 5.74) is 0. The second kappa shape index (κ2) is 7.96. The van der Waals surface area contributed by atoms with Crippen LogP contribution >= 0.6 is 28.3 Å². The van der Waals surface area contributed by atoms with Gasteiger partial charge in [0.25, 0.3) is 0 Å². The first kappa shape index (κ1) is 14.8. The number of hydrogen-bond acceptors (Lipinski definition) is 2. The lowest BCUT2D eigenvalue weighted by Crippen LogP contribution is -2.30. The van der Waals surface area contributed by atoms with Gasteiger partial charge in [-0.15, -0.1) is 12.4 Å². The molecule has 0 radical (unpaired) electrons. The van der Waals surface area contributed by atoms with Gasteiger partial charge in [0, 0.05) is 4.47 Å². The number of rotatable bonds is 4. The average molecular weight is 321 g/mol. The third-order valence-electron chi connectivity index (χ3n) is 2.99. The molecule has 1 N–H and O–H groups in total. The SMILES string of the molecule is Brc1cccc(OCCC2CCCNC2)c1.Cl. The van der Waals surface area contributed by atoms with E-state index in [1.165, 1.54) is 19.4 Å². The van der Waals surface area contributed by atoms with Crippen LogP contribution in [0.25, 0.3) is 0 Å². The Balaban J connectivity index is 0.00000144. The molecule has 17 heavy (non-hydrogen) atoms. The molecule has 1 aromatic rings. The molecule has 1 heterocycles. The highest BCUT2D eigenvalue weighted by Crippen LogP contribution is 2.19. The van der Waals surface area contributed by atoms with E-state index in [1.807, 2.05) is 24.3 Å². The topological polar surface area (TPSA) is 21.3 Å². The molecule has 0 amide bonds. The number of piperidine rings is 1. The molecular weight excluding hydrogens is 302 g/mol. The van der Waals surface area contributed by atoms with Gasteiger partial charge >= 0.3 is 0 Å². The molecule has 0 aromatic heterocycles. The van der Waals surface area contributed by atoms with E-state index in [-0.39, 0.29) is 12.4 Å². The van der Waals surface area contributed by atoms with Crippen LogP contribution in [0.3, 0.4) is 0 Å². The van der Waals surface area contributed by atoms with Crippen molar-refractivity contribution in [3.05, 3.63) is 28.7 Å². The maximum Gasteiger partial charge on any atom is 0.120 e. The summed E-state index contributed by atoms with van der Waals surface area (Å²) >= 11 is 3.44. The molecule has 2 rings (SSSR count). The molecule has 2 nitrogen and oxygen atoms in total. The molecule has 4 heteroatoms. The van der Waals surface area contributed by atoms with Crippen molar-refractivity contribution >= 4 is 28.3 Å². The smallest absolute Gasteiger partial charge is 0.120 e. The Hall–Kier alpha value is -0.250. The maximum atomic E-state index is 5.73. The van der Waals surface area contributed by atoms with Crippen molar-refractivity contribution < 1.29 is 4.74 Å². The minimum atomic E-state index is 0. The molecule has 1 unspecified atom stereocenters. The van der Waals surface area contributed by atoms with Gasteiger partial charge in [-0.25, -0.2) is 0 Å². The van der Waals surface area contributed by atoms with Gasteiger partial charge in [-0.05, 0) is 56.5 Å². The maximum absolute atomic E-state index is 5.73. The van der Waals surface area contributed by atoms with Crippen molar-refractivity contribution in [2.24, 2.45) is 5.92 Å². The van der Waals surface area contributed by atoms with Gasteiger partial charge in [0.05, 0.1) is 6.61 Å². The van der Waals surface area contributed by atoms with Crippen LogP contribution in [-0.4, -0.2) is 19.7 Å². The van der Waals surface area contributed by atoms with E-state index in [9.17, 15) is 0 Å². The lowest BCUT2D eigenvalue weighted by Gasteiger charge is -2.22. The van der Waals surface area contributed by atoms with E-state index in [1.54, 1.807) is 0 Å². The van der Waals surface area contributed by atoms with Crippen LogP contribution in [0.4, 0.5) is 0 Å². The van der Waals surface area contributed by atoms with Gasteiger partial charge in [-0.1, -0.05) is 22.0 Å². The second-order valence-electron chi connectivity index (χ2n) is 4.31. The van der Waals surface area contributed by atoms with Crippen molar-refractivity contribution in [2.75, 3.05) is 19.7 Å². The van der Waals surface area contributed by atoms with Crippen LogP contribution in [0.1, 0.15) is 19.3 Å². The van der Waals surface area contributed by atoms with Gasteiger partial charge in [-0.3, -0.25) is 0 Å². The van der Waals surface area contributed by atoms with Crippen molar-refractivity contribution in [3.63, 3.8) is 0 Å². The Bertz CT molecular complexity index is 329. The second-order valence-corrected chi connectivity index (χ2v) is 5.22. The highest BCUT2D eigenvalue weighted by molar-refractivity contribution is 9.10. The Kier molecular flexibility index (Phi) is 6.93. The van der Waals surface area contributed by atoms with Crippen LogP contribution in [0.5, 0.6) is 5.75 Å². The van der Waals surface area contributed by atoms with Crippen molar-refractivity contribution in [1.82, 2.24) is 5.32 Å². The van der Waals surface area contributed by atoms with Gasteiger partial charge in [0.15, 0.2) is 0 Å². The van der Waals surface area contributed by atoms with Crippen LogP contribution < -0.4 is 10.1 Å². The summed E-state index contributed by atoms with van der Waals surface area (Å²) in [7, 11) is 0. The molecule has 1 aromatic carbocycles. The first-order valence-corrected chi connectivity index (χ1v) is 6.73. The zero-order chi connectivity index (χ0) is 11.2. The van der Waals surface area contributed by atoms with Gasteiger partial charge in [0.1, 0.15) is 5.75 Å². The van der Waals surface area contributed by atoms with Gasteiger partial charge in [0.2, 0.25) is 0 Å². The number of hydrogen-bond donors (Lipinski definition) is 1. The molecular formula is C13H19BrClNO. The number of benzene rings is 1. The fraction of sp³-hybridized carbons (Fsp3) is 0.538. The van der Waals surface area contributed by atoms with Crippen LogP contribution in [0, 0.1) is 5.92 Å². The largest absolute Gasteiger partial charge is 0.494 e. The fourth-order valence-electron chi connectivity index (χ4n) is 2.07. The van der Waals surface area contributed by atoms with Crippen molar-refractivity contribution in [1.29, 1.82) is 0 Å². The Morgan fingerprint density at radius 3 is 3.00 bits per heavy atom. The van der Waals surface area contributed by atoms with Crippen molar-refractivity contribution in [3.8, 4) is 5.75 Å². The number of nitrogens with one attached hydrogen (secondary N) is 1. The predicted octanol–water partition coefficient (Wildman–Crippen LogP) is 3.64. The Labute approximate surface area is 118 Å². The summed E-state index contributed by atoms with van der Waals surface area (Å²) in [6.07, 6.45) is 3.80. The molecule has 0 aliphatic carbocycles. The summed E-state index contributed by atoms with van der Waals surface area (Å²) in [5.74, 6) is 1.75. The molecule has 1 aliphatic rings. The number of ether oxygens (including phenoxy) is 1. The highest BCUT2D eigenvalue weighted by atomic mass is 79.9. The van der Waals surface area contributed by atoms with E-state index in [2.05, 4.69) is 21.2 Å². The summed E-state index contributed by atoms with van der Waals surface area (Å²) in [6.45, 7) is 3.16. The molecule has 1 saturated heterocycles. The van der Waals surface area contributed by atoms with Crippen molar-refractivity contribution in [2.45, 2.75) is 19.3 Å². The minimum absolute atomic E-state index is 0. The van der Waals surface area contributed by atoms with E-state index >= 15 is 0 Å². The summed E-state index contributed by atoms with van der Waals surface area (Å²) in [5, 5.41) is 3.43. The highest BCUT2D eigenvalue weighted by Gasteiger charge is 2.12. The van der Waals surface area contributed by atoms with Gasteiger partial charge < -0.3 is 10.1 Å². The molecule has 1 aliphatic heterocycles. The molecule has 1 fully saturated rings. The summed E-state index contributed by atoms with van der Waals surface area (Å²) < 4.78 is 6.81. The first-order valence-electron chi connectivity index (χ1n) is 5.94. The van der Waals surface area contributed by atoms with Crippen LogP contribution in [0.15, 0.2) is 28.7 Å². The zero-order valence-corrected chi connectivity index (χ0v) is 12.2. The number of halogens is 2. The third-order valence-corrected chi connectivity index (χ3v) is 3.48. The molecule has 1 atom stereocenters. The monoisotopic (exact) mass is 319 g/mol. The predicted molar refractivity (Wildman–Crippen MR) is 77.1 cm³/mol. The lowest BCUT2D eigenvalue weighted by atomic mass is 9.97. The fourth-order valence-corrected chi connectivity index (χ4v) is 2.45. The van der Waals surface area contributed by atoms with E-state index < -0.39 is 0 Å². The minimum Gasteiger partial charge on any atom is -0.494 e. The molecule has 0 spiro atoms. The summed E-state index contributed by atoms with van der Waals surface area (Å²) in [6, 6.07) is 8.03. The lowest BCUT2D eigenvalue weighted by molar-refractivity contribution is 0.254. The molecule has 0 bridgehead atoms. The van der Waals surface area contributed by atoms with Crippen LogP contribution in [-0.2, 0) is 0 Å². The molecule has 0 saturated carbocycles. The zero-order valence-electron chi connectivity index (χ0n) is 9.82. The van der Waals surface area contributed by atoms with E-state index in [0.717, 1.165) is 35.7 Å². The average Bonchev–Trinajstić information content (AvgIpc) is 2.30. The Morgan fingerprint density at radius 2 is 2.29 bits per heavy atom. The van der Waals surface area contributed by atoms with Gasteiger partial charge in [-0.2, -0.15) is 0 Å². The standard InChI is InChI=1S/C13H18BrNO.ClH/c14-12-4-1-5-13(9-12)16-8-6-11-3-2-7-15-10-11;/h1,4-5,9,11,15H,2-3,6-8,10H2;1H. The van der Waals surface area contributed by atoms with E-state index in [0.29, 0.717) is 0 Å².